The normalized spacial score (nSPS) is 10.5. The van der Waals surface area contributed by atoms with Crippen LogP contribution in [0.4, 0.5) is 11.4 Å². The molecule has 2 aromatic carbocycles. The van der Waals surface area contributed by atoms with Crippen LogP contribution in [0.25, 0.3) is 11.1 Å². The topological polar surface area (TPSA) is 104 Å². The maximum atomic E-state index is 12.2. The van der Waals surface area contributed by atoms with E-state index >= 15 is 0 Å². The number of hydrogen-bond acceptors (Lipinski definition) is 4. The van der Waals surface area contributed by atoms with Crippen LogP contribution in [0.1, 0.15) is 12.5 Å². The first-order chi connectivity index (χ1) is 11.5. The smallest absolute Gasteiger partial charge is 0.406 e. The van der Waals surface area contributed by atoms with Crippen LogP contribution in [-0.2, 0) is 16.0 Å². The standard InChI is InChI=1S/C17H15N3O4/c1-10(21)18-12-5-2-4-11(8-12)9-15(22)19-13-6-3-7-14-16(13)24-17(23)20-14/h2-8H,9H2,1H3,(H,18,21)(H,19,22)(H,20,23). The van der Waals surface area contributed by atoms with Crippen molar-refractivity contribution < 1.29 is 14.0 Å². The molecule has 0 fully saturated rings. The molecule has 24 heavy (non-hydrogen) atoms. The molecular weight excluding hydrogens is 310 g/mol. The van der Waals surface area contributed by atoms with Gasteiger partial charge < -0.3 is 15.1 Å². The van der Waals surface area contributed by atoms with Gasteiger partial charge in [0.25, 0.3) is 0 Å². The number of nitrogens with one attached hydrogen (secondary N) is 3. The fourth-order valence-corrected chi connectivity index (χ4v) is 2.41. The number of benzene rings is 2. The number of carbonyl (C=O) groups is 2. The van der Waals surface area contributed by atoms with Crippen molar-refractivity contribution in [2.24, 2.45) is 0 Å². The largest absolute Gasteiger partial charge is 0.417 e. The predicted molar refractivity (Wildman–Crippen MR) is 89.9 cm³/mol. The monoisotopic (exact) mass is 325 g/mol. The van der Waals surface area contributed by atoms with Gasteiger partial charge in [-0.05, 0) is 29.8 Å². The second-order valence-electron chi connectivity index (χ2n) is 5.30. The van der Waals surface area contributed by atoms with Crippen LogP contribution in [0.15, 0.2) is 51.7 Å². The molecular formula is C17H15N3O4. The Hall–Kier alpha value is -3.35. The first-order valence-corrected chi connectivity index (χ1v) is 7.29. The second-order valence-corrected chi connectivity index (χ2v) is 5.30. The van der Waals surface area contributed by atoms with E-state index in [-0.39, 0.29) is 18.2 Å². The lowest BCUT2D eigenvalue weighted by Gasteiger charge is -2.07. The molecule has 0 aliphatic carbocycles. The predicted octanol–water partition coefficient (Wildman–Crippen LogP) is 2.26. The van der Waals surface area contributed by atoms with E-state index in [1.54, 1.807) is 42.5 Å². The Morgan fingerprint density at radius 3 is 2.71 bits per heavy atom. The SMILES string of the molecule is CC(=O)Nc1cccc(CC(=O)Nc2cccc3[nH]c(=O)oc23)c1. The fraction of sp³-hybridized carbons (Fsp3) is 0.118. The summed E-state index contributed by atoms with van der Waals surface area (Å²) in [6.07, 6.45) is 0.123. The molecule has 1 aromatic heterocycles. The fourth-order valence-electron chi connectivity index (χ4n) is 2.41. The van der Waals surface area contributed by atoms with Crippen molar-refractivity contribution in [2.75, 3.05) is 10.6 Å². The van der Waals surface area contributed by atoms with Gasteiger partial charge in [-0.15, -0.1) is 0 Å². The van der Waals surface area contributed by atoms with Gasteiger partial charge in [-0.25, -0.2) is 4.79 Å². The lowest BCUT2D eigenvalue weighted by Crippen LogP contribution is -2.15. The van der Waals surface area contributed by atoms with Gasteiger partial charge in [-0.3, -0.25) is 14.6 Å². The molecule has 0 radical (unpaired) electrons. The van der Waals surface area contributed by atoms with Crippen molar-refractivity contribution in [3.8, 4) is 0 Å². The summed E-state index contributed by atoms with van der Waals surface area (Å²) in [6.45, 7) is 1.42. The Bertz CT molecular complexity index is 971. The van der Waals surface area contributed by atoms with Gasteiger partial charge in [-0.1, -0.05) is 18.2 Å². The van der Waals surface area contributed by atoms with Crippen molar-refractivity contribution in [1.29, 1.82) is 0 Å². The van der Waals surface area contributed by atoms with E-state index in [1.165, 1.54) is 6.92 Å². The summed E-state index contributed by atoms with van der Waals surface area (Å²) in [5.41, 5.74) is 2.63. The van der Waals surface area contributed by atoms with Crippen LogP contribution in [-0.4, -0.2) is 16.8 Å². The summed E-state index contributed by atoms with van der Waals surface area (Å²) in [6, 6.07) is 12.1. The number of aromatic amines is 1. The molecule has 0 atom stereocenters. The molecule has 3 N–H and O–H groups in total. The number of fused-ring (bicyclic) bond motifs is 1. The van der Waals surface area contributed by atoms with Crippen LogP contribution in [0.2, 0.25) is 0 Å². The Kier molecular flexibility index (Phi) is 4.15. The highest BCUT2D eigenvalue weighted by Crippen LogP contribution is 2.21. The number of oxazole rings is 1. The summed E-state index contributed by atoms with van der Waals surface area (Å²) in [5.74, 6) is -1.01. The molecule has 7 nitrogen and oxygen atoms in total. The van der Waals surface area contributed by atoms with Crippen LogP contribution in [0.5, 0.6) is 0 Å². The minimum Gasteiger partial charge on any atom is -0.406 e. The minimum absolute atomic E-state index is 0.123. The van der Waals surface area contributed by atoms with E-state index in [0.29, 0.717) is 22.5 Å². The lowest BCUT2D eigenvalue weighted by atomic mass is 10.1. The average molecular weight is 325 g/mol. The maximum absolute atomic E-state index is 12.2. The molecule has 0 saturated carbocycles. The number of rotatable bonds is 4. The Morgan fingerprint density at radius 1 is 1.12 bits per heavy atom. The highest BCUT2D eigenvalue weighted by atomic mass is 16.4. The van der Waals surface area contributed by atoms with E-state index in [1.807, 2.05) is 0 Å². The number of hydrogen-bond donors (Lipinski definition) is 3. The molecule has 0 aliphatic rings. The number of amides is 2. The van der Waals surface area contributed by atoms with Crippen molar-refractivity contribution in [3.63, 3.8) is 0 Å². The summed E-state index contributed by atoms with van der Waals surface area (Å²) >= 11 is 0. The van der Waals surface area contributed by atoms with E-state index in [0.717, 1.165) is 5.56 Å². The number of carbonyl (C=O) groups excluding carboxylic acids is 2. The van der Waals surface area contributed by atoms with Gasteiger partial charge in [0, 0.05) is 12.6 Å². The zero-order valence-electron chi connectivity index (χ0n) is 12.9. The van der Waals surface area contributed by atoms with Crippen LogP contribution >= 0.6 is 0 Å². The van der Waals surface area contributed by atoms with E-state index < -0.39 is 5.76 Å². The minimum atomic E-state index is -0.574. The summed E-state index contributed by atoms with van der Waals surface area (Å²) in [4.78, 5) is 37.1. The van der Waals surface area contributed by atoms with E-state index in [9.17, 15) is 14.4 Å². The zero-order chi connectivity index (χ0) is 17.1. The third-order valence-electron chi connectivity index (χ3n) is 3.33. The molecule has 2 amide bonds. The van der Waals surface area contributed by atoms with Crippen molar-refractivity contribution in [2.45, 2.75) is 13.3 Å². The van der Waals surface area contributed by atoms with E-state index in [2.05, 4.69) is 15.6 Å². The molecule has 3 aromatic rings. The molecule has 1 heterocycles. The molecule has 0 spiro atoms. The van der Waals surface area contributed by atoms with Gasteiger partial charge in [0.1, 0.15) is 0 Å². The quantitative estimate of drug-likeness (QED) is 0.684. The molecule has 0 bridgehead atoms. The van der Waals surface area contributed by atoms with Crippen molar-refractivity contribution >= 4 is 34.3 Å². The van der Waals surface area contributed by atoms with E-state index in [4.69, 9.17) is 4.42 Å². The highest BCUT2D eigenvalue weighted by molar-refractivity contribution is 5.99. The van der Waals surface area contributed by atoms with Crippen LogP contribution in [0.3, 0.4) is 0 Å². The van der Waals surface area contributed by atoms with Gasteiger partial charge in [0.2, 0.25) is 11.8 Å². The molecule has 0 saturated heterocycles. The molecule has 7 heteroatoms. The number of aromatic nitrogens is 1. The number of para-hydroxylation sites is 1. The van der Waals surface area contributed by atoms with Crippen molar-refractivity contribution in [3.05, 3.63) is 58.6 Å². The Labute approximate surface area is 136 Å². The summed E-state index contributed by atoms with van der Waals surface area (Å²) in [5, 5.41) is 5.40. The molecule has 0 unspecified atom stereocenters. The summed E-state index contributed by atoms with van der Waals surface area (Å²) in [7, 11) is 0. The van der Waals surface area contributed by atoms with Crippen LogP contribution in [0, 0.1) is 0 Å². The zero-order valence-corrected chi connectivity index (χ0v) is 12.9. The van der Waals surface area contributed by atoms with Gasteiger partial charge >= 0.3 is 5.76 Å². The van der Waals surface area contributed by atoms with Crippen LogP contribution < -0.4 is 16.4 Å². The maximum Gasteiger partial charge on any atom is 0.417 e. The third kappa shape index (κ3) is 3.52. The van der Waals surface area contributed by atoms with Gasteiger partial charge in [0.15, 0.2) is 5.58 Å². The molecule has 3 rings (SSSR count). The van der Waals surface area contributed by atoms with Gasteiger partial charge in [-0.2, -0.15) is 0 Å². The number of anilines is 2. The first-order valence-electron chi connectivity index (χ1n) is 7.29. The highest BCUT2D eigenvalue weighted by Gasteiger charge is 2.11. The Balaban J connectivity index is 1.75. The van der Waals surface area contributed by atoms with Crippen molar-refractivity contribution in [1.82, 2.24) is 4.98 Å². The summed E-state index contributed by atoms with van der Waals surface area (Å²) < 4.78 is 5.04. The Morgan fingerprint density at radius 2 is 1.92 bits per heavy atom. The third-order valence-corrected chi connectivity index (χ3v) is 3.33. The number of H-pyrrole nitrogens is 1. The second kappa shape index (κ2) is 6.41. The average Bonchev–Trinajstić information content (AvgIpc) is 2.88. The molecule has 0 aliphatic heterocycles. The lowest BCUT2D eigenvalue weighted by molar-refractivity contribution is -0.115. The molecule has 122 valence electrons. The van der Waals surface area contributed by atoms with Gasteiger partial charge in [0.05, 0.1) is 17.6 Å². The first kappa shape index (κ1) is 15.5.